The van der Waals surface area contributed by atoms with Gasteiger partial charge in [0.2, 0.25) is 0 Å². The molecule has 2 rings (SSSR count). The highest BCUT2D eigenvalue weighted by atomic mass is 79.9. The van der Waals surface area contributed by atoms with E-state index in [1.54, 1.807) is 4.90 Å². The van der Waals surface area contributed by atoms with E-state index in [1.165, 1.54) is 18.2 Å². The molecule has 0 spiro atoms. The van der Waals surface area contributed by atoms with Crippen LogP contribution in [0.4, 0.5) is 5.69 Å². The van der Waals surface area contributed by atoms with Crippen molar-refractivity contribution in [1.29, 1.82) is 0 Å². The Labute approximate surface area is 123 Å². The van der Waals surface area contributed by atoms with E-state index >= 15 is 0 Å². The van der Waals surface area contributed by atoms with Crippen molar-refractivity contribution in [3.05, 3.63) is 38.9 Å². The van der Waals surface area contributed by atoms with Crippen LogP contribution in [0.25, 0.3) is 0 Å². The smallest absolute Gasteiger partial charge is 0.282 e. The summed E-state index contributed by atoms with van der Waals surface area (Å²) >= 11 is 9.22. The Kier molecular flexibility index (Phi) is 4.42. The number of rotatable bonds is 3. The van der Waals surface area contributed by atoms with Gasteiger partial charge in [0.05, 0.1) is 4.92 Å². The quantitative estimate of drug-likeness (QED) is 0.479. The second kappa shape index (κ2) is 5.88. The van der Waals surface area contributed by atoms with Gasteiger partial charge in [0.25, 0.3) is 11.6 Å². The van der Waals surface area contributed by atoms with Crippen LogP contribution in [-0.4, -0.2) is 34.2 Å². The van der Waals surface area contributed by atoms with Crippen molar-refractivity contribution >= 4 is 39.1 Å². The van der Waals surface area contributed by atoms with Crippen molar-refractivity contribution in [3.63, 3.8) is 0 Å². The molecule has 0 aromatic heterocycles. The number of nitro benzene ring substituents is 1. The van der Waals surface area contributed by atoms with Crippen molar-refractivity contribution in [1.82, 2.24) is 4.90 Å². The molecule has 0 saturated carbocycles. The van der Waals surface area contributed by atoms with Gasteiger partial charge in [-0.25, -0.2) is 0 Å². The van der Waals surface area contributed by atoms with Crippen molar-refractivity contribution < 1.29 is 9.72 Å². The summed E-state index contributed by atoms with van der Waals surface area (Å²) in [5.41, 5.74) is -0.135. The van der Waals surface area contributed by atoms with Gasteiger partial charge < -0.3 is 4.90 Å². The second-order valence-electron chi connectivity index (χ2n) is 4.48. The Hall–Kier alpha value is -1.14. The summed E-state index contributed by atoms with van der Waals surface area (Å²) in [6.07, 6.45) is 0.908. The standard InChI is InChI=1S/C12H12BrClN2O3/c13-6-8-3-4-15(7-8)12(17)10-5-9(14)1-2-11(10)16(18)19/h1-2,5,8H,3-4,6-7H2. The van der Waals surface area contributed by atoms with E-state index in [-0.39, 0.29) is 17.2 Å². The minimum absolute atomic E-state index is 0.0627. The van der Waals surface area contributed by atoms with Crippen molar-refractivity contribution in [2.75, 3.05) is 18.4 Å². The van der Waals surface area contributed by atoms with E-state index in [4.69, 9.17) is 11.6 Å². The van der Waals surface area contributed by atoms with E-state index in [1.807, 2.05) is 0 Å². The third-order valence-corrected chi connectivity index (χ3v) is 4.33. The van der Waals surface area contributed by atoms with Crippen molar-refractivity contribution in [2.45, 2.75) is 6.42 Å². The lowest BCUT2D eigenvalue weighted by atomic mass is 10.1. The Balaban J connectivity index is 2.28. The van der Waals surface area contributed by atoms with Crippen LogP contribution in [-0.2, 0) is 0 Å². The Morgan fingerprint density at radius 2 is 2.32 bits per heavy atom. The highest BCUT2D eigenvalue weighted by Gasteiger charge is 2.30. The van der Waals surface area contributed by atoms with Gasteiger partial charge in [-0.3, -0.25) is 14.9 Å². The molecule has 1 unspecified atom stereocenters. The molecule has 7 heteroatoms. The molecular formula is C12H12BrClN2O3. The number of alkyl halides is 1. The monoisotopic (exact) mass is 346 g/mol. The fraction of sp³-hybridized carbons (Fsp3) is 0.417. The summed E-state index contributed by atoms with van der Waals surface area (Å²) in [7, 11) is 0. The zero-order valence-corrected chi connectivity index (χ0v) is 12.4. The number of hydrogen-bond donors (Lipinski definition) is 0. The lowest BCUT2D eigenvalue weighted by Gasteiger charge is -2.16. The summed E-state index contributed by atoms with van der Waals surface area (Å²) in [6, 6.07) is 4.05. The molecule has 1 fully saturated rings. The largest absolute Gasteiger partial charge is 0.338 e. The predicted octanol–water partition coefficient (Wildman–Crippen LogP) is 3.11. The minimum Gasteiger partial charge on any atom is -0.338 e. The number of benzene rings is 1. The highest BCUT2D eigenvalue weighted by Crippen LogP contribution is 2.27. The zero-order chi connectivity index (χ0) is 14.0. The first-order valence-corrected chi connectivity index (χ1v) is 7.32. The lowest BCUT2D eigenvalue weighted by Crippen LogP contribution is -2.29. The van der Waals surface area contributed by atoms with Crippen LogP contribution in [0.5, 0.6) is 0 Å². The van der Waals surface area contributed by atoms with Gasteiger partial charge in [0, 0.05) is 29.5 Å². The number of amides is 1. The lowest BCUT2D eigenvalue weighted by molar-refractivity contribution is -0.385. The van der Waals surface area contributed by atoms with Gasteiger partial charge in [-0.2, -0.15) is 0 Å². The molecule has 102 valence electrons. The van der Waals surface area contributed by atoms with E-state index < -0.39 is 4.92 Å². The number of carbonyl (C=O) groups is 1. The Bertz CT molecular complexity index is 524. The third-order valence-electron chi connectivity index (χ3n) is 3.18. The molecule has 0 radical (unpaired) electrons. The summed E-state index contributed by atoms with van der Waals surface area (Å²) in [4.78, 5) is 24.4. The van der Waals surface area contributed by atoms with Gasteiger partial charge in [-0.05, 0) is 24.5 Å². The van der Waals surface area contributed by atoms with Crippen LogP contribution in [0, 0.1) is 16.0 Å². The Morgan fingerprint density at radius 1 is 1.58 bits per heavy atom. The fourth-order valence-electron chi connectivity index (χ4n) is 2.15. The molecule has 1 amide bonds. The SMILES string of the molecule is O=C(c1cc(Cl)ccc1[N+](=O)[O-])N1CCC(CBr)C1. The van der Waals surface area contributed by atoms with E-state index in [0.717, 1.165) is 11.8 Å². The van der Waals surface area contributed by atoms with Crippen molar-refractivity contribution in [3.8, 4) is 0 Å². The summed E-state index contributed by atoms with van der Waals surface area (Å²) in [5, 5.41) is 12.1. The van der Waals surface area contributed by atoms with Crippen LogP contribution in [0.15, 0.2) is 18.2 Å². The summed E-state index contributed by atoms with van der Waals surface area (Å²) in [6.45, 7) is 1.24. The first-order chi connectivity index (χ1) is 9.02. The van der Waals surface area contributed by atoms with Gasteiger partial charge in [0.15, 0.2) is 0 Å². The van der Waals surface area contributed by atoms with Gasteiger partial charge >= 0.3 is 0 Å². The van der Waals surface area contributed by atoms with Crippen LogP contribution >= 0.6 is 27.5 Å². The maximum Gasteiger partial charge on any atom is 0.282 e. The molecule has 1 aliphatic rings. The van der Waals surface area contributed by atoms with Crippen molar-refractivity contribution in [2.24, 2.45) is 5.92 Å². The fourth-order valence-corrected chi connectivity index (χ4v) is 2.85. The number of carbonyl (C=O) groups excluding carboxylic acids is 1. The Morgan fingerprint density at radius 3 is 2.89 bits per heavy atom. The molecular weight excluding hydrogens is 336 g/mol. The molecule has 1 aromatic rings. The molecule has 1 saturated heterocycles. The van der Waals surface area contributed by atoms with E-state index in [0.29, 0.717) is 24.0 Å². The van der Waals surface area contributed by atoms with Crippen LogP contribution in [0.1, 0.15) is 16.8 Å². The van der Waals surface area contributed by atoms with Gasteiger partial charge in [0.1, 0.15) is 5.56 Å². The number of likely N-dealkylation sites (tertiary alicyclic amines) is 1. The summed E-state index contributed by atoms with van der Waals surface area (Å²) in [5.74, 6) is 0.0832. The topological polar surface area (TPSA) is 63.4 Å². The maximum atomic E-state index is 12.3. The minimum atomic E-state index is -0.554. The molecule has 1 heterocycles. The molecule has 5 nitrogen and oxygen atoms in total. The third kappa shape index (κ3) is 3.06. The number of hydrogen-bond acceptors (Lipinski definition) is 3. The van der Waals surface area contributed by atoms with Crippen LogP contribution < -0.4 is 0 Å². The molecule has 0 aliphatic carbocycles. The average Bonchev–Trinajstić information content (AvgIpc) is 2.86. The van der Waals surface area contributed by atoms with E-state index in [2.05, 4.69) is 15.9 Å². The molecule has 0 N–H and O–H groups in total. The average molecular weight is 348 g/mol. The molecule has 1 atom stereocenters. The number of nitro groups is 1. The molecule has 0 bridgehead atoms. The van der Waals surface area contributed by atoms with Crippen LogP contribution in [0.3, 0.4) is 0 Å². The molecule has 1 aromatic carbocycles. The van der Waals surface area contributed by atoms with Gasteiger partial charge in [-0.1, -0.05) is 27.5 Å². The number of nitrogens with zero attached hydrogens (tertiary/aromatic N) is 2. The maximum absolute atomic E-state index is 12.3. The van der Waals surface area contributed by atoms with E-state index in [9.17, 15) is 14.9 Å². The second-order valence-corrected chi connectivity index (χ2v) is 5.56. The zero-order valence-electron chi connectivity index (χ0n) is 10.0. The first-order valence-electron chi connectivity index (χ1n) is 5.82. The molecule has 1 aliphatic heterocycles. The normalized spacial score (nSPS) is 18.6. The molecule has 19 heavy (non-hydrogen) atoms. The number of halogens is 2. The van der Waals surface area contributed by atoms with Crippen LogP contribution in [0.2, 0.25) is 5.02 Å². The van der Waals surface area contributed by atoms with Gasteiger partial charge in [-0.15, -0.1) is 0 Å². The summed E-state index contributed by atoms with van der Waals surface area (Å²) < 4.78 is 0. The first kappa shape index (κ1) is 14.3. The predicted molar refractivity (Wildman–Crippen MR) is 75.9 cm³/mol. The highest BCUT2D eigenvalue weighted by molar-refractivity contribution is 9.09.